The fourth-order valence-corrected chi connectivity index (χ4v) is 4.15. The van der Waals surface area contributed by atoms with Gasteiger partial charge in [-0.2, -0.15) is 0 Å². The average Bonchev–Trinajstić information content (AvgIpc) is 2.98. The minimum atomic E-state index is -0.498. The molecule has 0 bridgehead atoms. The van der Waals surface area contributed by atoms with E-state index >= 15 is 0 Å². The smallest absolute Gasteiger partial charge is 0.282 e. The summed E-state index contributed by atoms with van der Waals surface area (Å²) in [5.41, 5.74) is 1.48. The first-order chi connectivity index (χ1) is 14.0. The summed E-state index contributed by atoms with van der Waals surface area (Å²) in [7, 11) is 1.54. The third-order valence-corrected chi connectivity index (χ3v) is 5.48. The minimum Gasteiger partial charge on any atom is -0.496 e. The van der Waals surface area contributed by atoms with Crippen molar-refractivity contribution in [1.82, 2.24) is 4.90 Å². The highest BCUT2D eigenvalue weighted by molar-refractivity contribution is 6.45. The highest BCUT2D eigenvalue weighted by Crippen LogP contribution is 2.39. The van der Waals surface area contributed by atoms with E-state index in [4.69, 9.17) is 4.74 Å². The molecular formula is C23H23FN2O3. The lowest BCUT2D eigenvalue weighted by molar-refractivity contribution is -0.120. The molecule has 5 nitrogen and oxygen atoms in total. The van der Waals surface area contributed by atoms with E-state index in [0.717, 1.165) is 17.7 Å². The second kappa shape index (κ2) is 7.70. The maximum absolute atomic E-state index is 13.8. The first-order valence-electron chi connectivity index (χ1n) is 9.78. The topological polar surface area (TPSA) is 49.9 Å². The van der Waals surface area contributed by atoms with Crippen LogP contribution in [0.2, 0.25) is 0 Å². The van der Waals surface area contributed by atoms with Gasteiger partial charge in [0.2, 0.25) is 0 Å². The second-order valence-corrected chi connectivity index (χ2v) is 7.54. The number of ether oxygens (including phenoxy) is 1. The van der Waals surface area contributed by atoms with Gasteiger partial charge < -0.3 is 9.64 Å². The molecule has 2 aliphatic rings. The molecule has 29 heavy (non-hydrogen) atoms. The molecule has 1 fully saturated rings. The molecule has 6 heteroatoms. The van der Waals surface area contributed by atoms with Gasteiger partial charge in [-0.05, 0) is 43.0 Å². The van der Waals surface area contributed by atoms with Crippen molar-refractivity contribution in [3.05, 3.63) is 65.6 Å². The molecule has 1 atom stereocenters. The summed E-state index contributed by atoms with van der Waals surface area (Å²) in [6.07, 6.45) is 2.04. The number of imide groups is 1. The molecule has 0 aromatic heterocycles. The van der Waals surface area contributed by atoms with E-state index in [1.807, 2.05) is 17.0 Å². The first kappa shape index (κ1) is 19.2. The molecule has 2 aromatic rings. The molecule has 2 aliphatic heterocycles. The Hall–Kier alpha value is -3.15. The number of para-hydroxylation sites is 1. The maximum Gasteiger partial charge on any atom is 0.282 e. The quantitative estimate of drug-likeness (QED) is 0.739. The molecule has 0 radical (unpaired) electrons. The van der Waals surface area contributed by atoms with Gasteiger partial charge in [0, 0.05) is 18.7 Å². The van der Waals surface area contributed by atoms with E-state index in [1.54, 1.807) is 18.2 Å². The lowest BCUT2D eigenvalue weighted by Gasteiger charge is -2.33. The van der Waals surface area contributed by atoms with Crippen LogP contribution < -0.4 is 9.64 Å². The summed E-state index contributed by atoms with van der Waals surface area (Å²) < 4.78 is 19.3. The predicted molar refractivity (Wildman–Crippen MR) is 109 cm³/mol. The Balaban J connectivity index is 1.87. The van der Waals surface area contributed by atoms with E-state index in [-0.39, 0.29) is 5.69 Å². The minimum absolute atomic E-state index is 0.229. The number of hydrogen-bond donors (Lipinski definition) is 0. The Morgan fingerprint density at radius 1 is 1.07 bits per heavy atom. The number of amides is 2. The van der Waals surface area contributed by atoms with E-state index in [0.29, 0.717) is 41.6 Å². The van der Waals surface area contributed by atoms with E-state index in [2.05, 4.69) is 6.92 Å². The monoisotopic (exact) mass is 394 g/mol. The van der Waals surface area contributed by atoms with Crippen molar-refractivity contribution in [2.45, 2.75) is 19.8 Å². The number of methoxy groups -OCH3 is 1. The molecule has 4 rings (SSSR count). The molecule has 1 unspecified atom stereocenters. The van der Waals surface area contributed by atoms with Crippen LogP contribution >= 0.6 is 0 Å². The van der Waals surface area contributed by atoms with Crippen molar-refractivity contribution in [1.29, 1.82) is 0 Å². The van der Waals surface area contributed by atoms with Crippen LogP contribution in [-0.4, -0.2) is 36.9 Å². The van der Waals surface area contributed by atoms with Crippen molar-refractivity contribution < 1.29 is 18.7 Å². The first-order valence-corrected chi connectivity index (χ1v) is 9.78. The Labute approximate surface area is 169 Å². The normalized spacial score (nSPS) is 19.9. The van der Waals surface area contributed by atoms with Crippen molar-refractivity contribution in [3.63, 3.8) is 0 Å². The lowest BCUT2D eigenvalue weighted by Crippen LogP contribution is -2.39. The Bertz CT molecular complexity index is 1000. The van der Waals surface area contributed by atoms with Gasteiger partial charge in [0.05, 0.1) is 18.4 Å². The molecule has 0 spiro atoms. The Morgan fingerprint density at radius 2 is 1.86 bits per heavy atom. The zero-order chi connectivity index (χ0) is 20.5. The van der Waals surface area contributed by atoms with Crippen LogP contribution in [0.15, 0.2) is 54.2 Å². The van der Waals surface area contributed by atoms with Gasteiger partial charge in [0.25, 0.3) is 11.8 Å². The lowest BCUT2D eigenvalue weighted by atomic mass is 9.97. The zero-order valence-corrected chi connectivity index (χ0v) is 16.5. The molecule has 2 aromatic carbocycles. The number of carbonyl (C=O) groups is 2. The maximum atomic E-state index is 13.8. The SMILES string of the molecule is COc1ccccc1C1=C(N2CCCC(C)C2)C(=O)N(c2cccc(F)c2)C1=O. The summed E-state index contributed by atoms with van der Waals surface area (Å²) in [5.74, 6) is -0.440. The fraction of sp³-hybridized carbons (Fsp3) is 0.304. The number of hydrogen-bond acceptors (Lipinski definition) is 4. The van der Waals surface area contributed by atoms with Crippen molar-refractivity contribution in [3.8, 4) is 5.75 Å². The van der Waals surface area contributed by atoms with Gasteiger partial charge in [-0.1, -0.05) is 31.2 Å². The Kier molecular flexibility index (Phi) is 5.09. The van der Waals surface area contributed by atoms with E-state index in [1.165, 1.54) is 25.3 Å². The largest absolute Gasteiger partial charge is 0.496 e. The summed E-state index contributed by atoms with van der Waals surface area (Å²) in [4.78, 5) is 30.0. The Morgan fingerprint density at radius 3 is 2.59 bits per heavy atom. The number of anilines is 1. The van der Waals surface area contributed by atoms with Crippen molar-refractivity contribution >= 4 is 23.1 Å². The number of carbonyl (C=O) groups excluding carboxylic acids is 2. The van der Waals surface area contributed by atoms with Crippen molar-refractivity contribution in [2.75, 3.05) is 25.1 Å². The predicted octanol–water partition coefficient (Wildman–Crippen LogP) is 3.85. The van der Waals surface area contributed by atoms with E-state index < -0.39 is 17.6 Å². The van der Waals surface area contributed by atoms with Crippen LogP contribution in [-0.2, 0) is 9.59 Å². The number of halogens is 1. The fourth-order valence-electron chi connectivity index (χ4n) is 4.15. The molecule has 150 valence electrons. The number of likely N-dealkylation sites (tertiary alicyclic amines) is 1. The molecular weight excluding hydrogens is 371 g/mol. The second-order valence-electron chi connectivity index (χ2n) is 7.54. The average molecular weight is 394 g/mol. The van der Waals surface area contributed by atoms with Crippen LogP contribution in [0.4, 0.5) is 10.1 Å². The summed E-state index contributed by atoms with van der Waals surface area (Å²) >= 11 is 0. The van der Waals surface area contributed by atoms with Gasteiger partial charge in [0.15, 0.2) is 0 Å². The molecule has 2 heterocycles. The third kappa shape index (κ3) is 3.39. The van der Waals surface area contributed by atoms with Crippen LogP contribution in [0.3, 0.4) is 0 Å². The summed E-state index contributed by atoms with van der Waals surface area (Å²) in [6, 6.07) is 12.7. The summed E-state index contributed by atoms with van der Waals surface area (Å²) in [6.45, 7) is 3.54. The van der Waals surface area contributed by atoms with Crippen LogP contribution in [0.25, 0.3) is 5.57 Å². The van der Waals surface area contributed by atoms with Gasteiger partial charge >= 0.3 is 0 Å². The summed E-state index contributed by atoms with van der Waals surface area (Å²) in [5, 5.41) is 0. The molecule has 0 N–H and O–H groups in total. The number of piperidine rings is 1. The molecule has 0 saturated carbocycles. The van der Waals surface area contributed by atoms with E-state index in [9.17, 15) is 14.0 Å². The number of rotatable bonds is 4. The number of nitrogens with zero attached hydrogens (tertiary/aromatic N) is 2. The van der Waals surface area contributed by atoms with Crippen LogP contribution in [0.5, 0.6) is 5.75 Å². The van der Waals surface area contributed by atoms with Gasteiger partial charge in [-0.25, -0.2) is 9.29 Å². The molecule has 0 aliphatic carbocycles. The highest BCUT2D eigenvalue weighted by atomic mass is 19.1. The highest BCUT2D eigenvalue weighted by Gasteiger charge is 2.44. The van der Waals surface area contributed by atoms with Crippen molar-refractivity contribution in [2.24, 2.45) is 5.92 Å². The van der Waals surface area contributed by atoms with Gasteiger partial charge in [-0.15, -0.1) is 0 Å². The standard InChI is InChI=1S/C23H23FN2O3/c1-15-7-6-12-25(14-15)21-20(18-10-3-4-11-19(18)29-2)22(27)26(23(21)28)17-9-5-8-16(24)13-17/h3-5,8-11,13,15H,6-7,12,14H2,1-2H3. The third-order valence-electron chi connectivity index (χ3n) is 5.48. The molecule has 1 saturated heterocycles. The molecule has 2 amide bonds. The van der Waals surface area contributed by atoms with Crippen LogP contribution in [0.1, 0.15) is 25.3 Å². The van der Waals surface area contributed by atoms with Gasteiger partial charge in [-0.3, -0.25) is 9.59 Å². The van der Waals surface area contributed by atoms with Crippen LogP contribution in [0, 0.1) is 11.7 Å². The number of benzene rings is 2. The zero-order valence-electron chi connectivity index (χ0n) is 16.5. The van der Waals surface area contributed by atoms with Gasteiger partial charge in [0.1, 0.15) is 17.3 Å².